The van der Waals surface area contributed by atoms with E-state index in [1.807, 2.05) is 12.1 Å². The molecule has 0 aromatic heterocycles. The van der Waals surface area contributed by atoms with Crippen molar-refractivity contribution in [2.45, 2.75) is 25.1 Å². The minimum absolute atomic E-state index is 0.448. The Labute approximate surface area is 97.3 Å². The first-order valence-corrected chi connectivity index (χ1v) is 5.32. The highest BCUT2D eigenvalue weighted by molar-refractivity contribution is 5.57. The van der Waals surface area contributed by atoms with Gasteiger partial charge in [0.1, 0.15) is 12.6 Å². The molecule has 17 heavy (non-hydrogen) atoms. The number of fused-ring (bicyclic) bond motifs is 1. The fraction of sp³-hybridized carbons (Fsp3) is 0.417. The van der Waals surface area contributed by atoms with Gasteiger partial charge >= 0.3 is 6.18 Å². The Morgan fingerprint density at radius 3 is 2.71 bits per heavy atom. The third kappa shape index (κ3) is 2.52. The fourth-order valence-electron chi connectivity index (χ4n) is 2.14. The highest BCUT2D eigenvalue weighted by atomic mass is 19.4. The quantitative estimate of drug-likeness (QED) is 0.754. The standard InChI is InChI=1S/C12H11F3N2/c13-12(14,15)8-17-10(7-16)6-5-9-3-1-2-4-11(9)17/h1-4,10H,5-6,8H2. The van der Waals surface area contributed by atoms with E-state index in [4.69, 9.17) is 5.26 Å². The summed E-state index contributed by atoms with van der Waals surface area (Å²) in [7, 11) is 0. The molecule has 1 atom stereocenters. The topological polar surface area (TPSA) is 27.0 Å². The van der Waals surface area contributed by atoms with Gasteiger partial charge in [-0.05, 0) is 24.5 Å². The van der Waals surface area contributed by atoms with Crippen molar-refractivity contribution in [3.8, 4) is 6.07 Å². The van der Waals surface area contributed by atoms with E-state index in [9.17, 15) is 13.2 Å². The van der Waals surface area contributed by atoms with Gasteiger partial charge in [0.15, 0.2) is 0 Å². The molecule has 0 saturated heterocycles. The summed E-state index contributed by atoms with van der Waals surface area (Å²) in [5.74, 6) is 0. The molecular weight excluding hydrogens is 229 g/mol. The smallest absolute Gasteiger partial charge is 0.346 e. The van der Waals surface area contributed by atoms with Gasteiger partial charge in [0, 0.05) is 5.69 Å². The van der Waals surface area contributed by atoms with Gasteiger partial charge < -0.3 is 4.90 Å². The summed E-state index contributed by atoms with van der Waals surface area (Å²) in [6.45, 7) is -1.07. The summed E-state index contributed by atoms with van der Waals surface area (Å²) < 4.78 is 37.5. The van der Waals surface area contributed by atoms with E-state index in [-0.39, 0.29) is 0 Å². The molecular formula is C12H11F3N2. The first kappa shape index (κ1) is 11.8. The Balaban J connectivity index is 2.35. The second kappa shape index (κ2) is 4.28. The molecule has 0 fully saturated rings. The average Bonchev–Trinajstić information content (AvgIpc) is 2.28. The average molecular weight is 240 g/mol. The van der Waals surface area contributed by atoms with Gasteiger partial charge in [-0.2, -0.15) is 18.4 Å². The van der Waals surface area contributed by atoms with Gasteiger partial charge in [-0.1, -0.05) is 18.2 Å². The largest absolute Gasteiger partial charge is 0.405 e. The summed E-state index contributed by atoms with van der Waals surface area (Å²) in [6.07, 6.45) is -3.19. The number of hydrogen-bond acceptors (Lipinski definition) is 2. The maximum Gasteiger partial charge on any atom is 0.405 e. The molecule has 1 aliphatic rings. The lowest BCUT2D eigenvalue weighted by Crippen LogP contribution is -2.44. The molecule has 0 amide bonds. The first-order chi connectivity index (χ1) is 8.01. The molecule has 0 spiro atoms. The monoisotopic (exact) mass is 240 g/mol. The van der Waals surface area contributed by atoms with Crippen LogP contribution in [0.1, 0.15) is 12.0 Å². The van der Waals surface area contributed by atoms with Gasteiger partial charge in [-0.15, -0.1) is 0 Å². The van der Waals surface area contributed by atoms with E-state index >= 15 is 0 Å². The summed E-state index contributed by atoms with van der Waals surface area (Å²) in [4.78, 5) is 1.15. The predicted molar refractivity (Wildman–Crippen MR) is 57.6 cm³/mol. The number of aryl methyl sites for hydroxylation is 1. The van der Waals surface area contributed by atoms with Gasteiger partial charge in [-0.3, -0.25) is 0 Å². The van der Waals surface area contributed by atoms with Crippen LogP contribution in [0.25, 0.3) is 0 Å². The Morgan fingerprint density at radius 1 is 1.35 bits per heavy atom. The summed E-state index contributed by atoms with van der Waals surface area (Å²) >= 11 is 0. The van der Waals surface area contributed by atoms with Crippen LogP contribution in [0.2, 0.25) is 0 Å². The van der Waals surface area contributed by atoms with Crippen molar-refractivity contribution in [2.24, 2.45) is 0 Å². The number of para-hydroxylation sites is 1. The van der Waals surface area contributed by atoms with Crippen LogP contribution >= 0.6 is 0 Å². The predicted octanol–water partition coefficient (Wildman–Crippen LogP) is 2.89. The van der Waals surface area contributed by atoms with E-state index < -0.39 is 18.8 Å². The molecule has 1 aromatic carbocycles. The van der Waals surface area contributed by atoms with E-state index in [0.717, 1.165) is 10.5 Å². The zero-order chi connectivity index (χ0) is 12.5. The maximum atomic E-state index is 12.5. The Kier molecular flexibility index (Phi) is 2.97. The highest BCUT2D eigenvalue weighted by Crippen LogP contribution is 2.32. The molecule has 90 valence electrons. The van der Waals surface area contributed by atoms with Crippen molar-refractivity contribution in [1.82, 2.24) is 0 Å². The molecule has 1 heterocycles. The maximum absolute atomic E-state index is 12.5. The minimum atomic E-state index is -4.29. The Morgan fingerprint density at radius 2 is 2.06 bits per heavy atom. The normalized spacial score (nSPS) is 19.6. The van der Waals surface area contributed by atoms with Crippen molar-refractivity contribution in [3.63, 3.8) is 0 Å². The first-order valence-electron chi connectivity index (χ1n) is 5.32. The van der Waals surface area contributed by atoms with Crippen LogP contribution in [0.15, 0.2) is 24.3 Å². The lowest BCUT2D eigenvalue weighted by Gasteiger charge is -2.35. The fourth-order valence-corrected chi connectivity index (χ4v) is 2.14. The third-order valence-corrected chi connectivity index (χ3v) is 2.86. The number of benzene rings is 1. The van der Waals surface area contributed by atoms with Gasteiger partial charge in [0.05, 0.1) is 6.07 Å². The third-order valence-electron chi connectivity index (χ3n) is 2.86. The second-order valence-electron chi connectivity index (χ2n) is 4.06. The number of nitrogens with zero attached hydrogens (tertiary/aromatic N) is 2. The van der Waals surface area contributed by atoms with Crippen LogP contribution in [0.5, 0.6) is 0 Å². The van der Waals surface area contributed by atoms with Gasteiger partial charge in [0.25, 0.3) is 0 Å². The van der Waals surface area contributed by atoms with E-state index in [1.54, 1.807) is 18.2 Å². The molecule has 5 heteroatoms. The zero-order valence-corrected chi connectivity index (χ0v) is 9.04. The van der Waals surface area contributed by atoms with Crippen LogP contribution < -0.4 is 4.90 Å². The van der Waals surface area contributed by atoms with E-state index in [0.29, 0.717) is 18.5 Å². The molecule has 0 radical (unpaired) electrons. The van der Waals surface area contributed by atoms with Crippen LogP contribution in [0.4, 0.5) is 18.9 Å². The molecule has 1 unspecified atom stereocenters. The minimum Gasteiger partial charge on any atom is -0.346 e. The van der Waals surface area contributed by atoms with Crippen LogP contribution in [0.3, 0.4) is 0 Å². The lowest BCUT2D eigenvalue weighted by atomic mass is 9.96. The number of halogens is 3. The molecule has 1 aliphatic heterocycles. The second-order valence-corrected chi connectivity index (χ2v) is 4.06. The van der Waals surface area contributed by atoms with Crippen LogP contribution in [0, 0.1) is 11.3 Å². The molecule has 0 saturated carbocycles. The summed E-state index contributed by atoms with van der Waals surface area (Å²) in [5.41, 5.74) is 1.41. The van der Waals surface area contributed by atoms with Gasteiger partial charge in [0.2, 0.25) is 0 Å². The number of nitriles is 1. The van der Waals surface area contributed by atoms with Gasteiger partial charge in [-0.25, -0.2) is 0 Å². The highest BCUT2D eigenvalue weighted by Gasteiger charge is 2.36. The van der Waals surface area contributed by atoms with Crippen molar-refractivity contribution in [2.75, 3.05) is 11.4 Å². The summed E-state index contributed by atoms with van der Waals surface area (Å²) in [5, 5.41) is 8.92. The zero-order valence-electron chi connectivity index (χ0n) is 9.04. The van der Waals surface area contributed by atoms with Crippen molar-refractivity contribution < 1.29 is 13.2 Å². The van der Waals surface area contributed by atoms with Crippen LogP contribution in [-0.2, 0) is 6.42 Å². The number of anilines is 1. The number of rotatable bonds is 1. The Bertz CT molecular complexity index is 448. The molecule has 1 aromatic rings. The van der Waals surface area contributed by atoms with Crippen molar-refractivity contribution in [1.29, 1.82) is 5.26 Å². The van der Waals surface area contributed by atoms with Crippen LogP contribution in [-0.4, -0.2) is 18.8 Å². The SMILES string of the molecule is N#CC1CCc2ccccc2N1CC(F)(F)F. The van der Waals surface area contributed by atoms with E-state index in [2.05, 4.69) is 0 Å². The molecule has 0 N–H and O–H groups in total. The van der Waals surface area contributed by atoms with E-state index in [1.165, 1.54) is 0 Å². The molecule has 0 aliphatic carbocycles. The number of hydrogen-bond donors (Lipinski definition) is 0. The van der Waals surface area contributed by atoms with Crippen molar-refractivity contribution >= 4 is 5.69 Å². The molecule has 0 bridgehead atoms. The number of alkyl halides is 3. The van der Waals surface area contributed by atoms with Crippen molar-refractivity contribution in [3.05, 3.63) is 29.8 Å². The summed E-state index contributed by atoms with van der Waals surface area (Å²) in [6, 6.07) is 8.21. The molecule has 2 rings (SSSR count). The molecule has 2 nitrogen and oxygen atoms in total. The Hall–Kier alpha value is -1.70. The lowest BCUT2D eigenvalue weighted by molar-refractivity contribution is -0.120.